The van der Waals surface area contributed by atoms with E-state index in [9.17, 15) is 9.90 Å². The van der Waals surface area contributed by atoms with E-state index in [1.165, 1.54) is 6.07 Å². The highest BCUT2D eigenvalue weighted by molar-refractivity contribution is 5.79. The van der Waals surface area contributed by atoms with Crippen molar-refractivity contribution in [3.63, 3.8) is 0 Å². The Morgan fingerprint density at radius 3 is 3.00 bits per heavy atom. The Hall–Kier alpha value is -2.00. The van der Waals surface area contributed by atoms with Crippen molar-refractivity contribution in [1.82, 2.24) is 0 Å². The second-order valence-electron chi connectivity index (χ2n) is 2.72. The van der Waals surface area contributed by atoms with Crippen molar-refractivity contribution >= 4 is 6.29 Å². The van der Waals surface area contributed by atoms with E-state index in [-0.39, 0.29) is 11.3 Å². The molecule has 0 saturated carbocycles. The molecule has 1 rings (SSSR count). The molecule has 72 valence electrons. The molecule has 0 unspecified atom stereocenters. The number of carbonyl (C=O) groups excluding carboxylic acids is 1. The van der Waals surface area contributed by atoms with Gasteiger partial charge in [0.2, 0.25) is 0 Å². The van der Waals surface area contributed by atoms with Gasteiger partial charge in [-0.15, -0.1) is 0 Å². The predicted molar refractivity (Wildman–Crippen MR) is 51.2 cm³/mol. The topological polar surface area (TPSA) is 86.1 Å². The largest absolute Gasteiger partial charge is 0.507 e. The predicted octanol–water partition coefficient (Wildman–Crippen LogP) is 2.06. The van der Waals surface area contributed by atoms with Crippen LogP contribution >= 0.6 is 0 Å². The van der Waals surface area contributed by atoms with Crippen LogP contribution < -0.4 is 0 Å². The van der Waals surface area contributed by atoms with Crippen LogP contribution in [0.5, 0.6) is 5.75 Å². The number of benzene rings is 1. The fourth-order valence-corrected chi connectivity index (χ4v) is 1.08. The van der Waals surface area contributed by atoms with Crippen LogP contribution in [0.2, 0.25) is 0 Å². The summed E-state index contributed by atoms with van der Waals surface area (Å²) < 4.78 is 0. The van der Waals surface area contributed by atoms with Crippen molar-refractivity contribution in [3.05, 3.63) is 39.8 Å². The van der Waals surface area contributed by atoms with Crippen molar-refractivity contribution < 1.29 is 9.90 Å². The number of hydrogen-bond donors (Lipinski definition) is 1. The Kier molecular flexibility index (Phi) is 3.52. The normalized spacial score (nSPS) is 9.14. The van der Waals surface area contributed by atoms with Gasteiger partial charge in [-0.2, -0.15) is 0 Å². The Morgan fingerprint density at radius 1 is 1.57 bits per heavy atom. The first kappa shape index (κ1) is 10.1. The van der Waals surface area contributed by atoms with Gasteiger partial charge in [-0.05, 0) is 29.6 Å². The van der Waals surface area contributed by atoms with Gasteiger partial charge >= 0.3 is 0 Å². The lowest BCUT2D eigenvalue weighted by atomic mass is 10.1. The summed E-state index contributed by atoms with van der Waals surface area (Å²) in [6.45, 7) is 0.347. The number of carbonyl (C=O) groups is 1. The standard InChI is InChI=1S/C9H9N3O2/c10-12-11-4-3-7-1-2-9(14)8(5-7)6-13/h1-2,5-6,14H,3-4H2. The van der Waals surface area contributed by atoms with Crippen LogP contribution in [0.25, 0.3) is 10.4 Å². The van der Waals surface area contributed by atoms with Gasteiger partial charge in [-0.3, -0.25) is 4.79 Å². The van der Waals surface area contributed by atoms with Crippen LogP contribution in [-0.4, -0.2) is 17.9 Å². The number of phenols is 1. The van der Waals surface area contributed by atoms with Crippen molar-refractivity contribution in [1.29, 1.82) is 0 Å². The first-order valence-corrected chi connectivity index (χ1v) is 4.06. The molecule has 0 amide bonds. The Labute approximate surface area is 80.6 Å². The lowest BCUT2D eigenvalue weighted by Gasteiger charge is -2.00. The van der Waals surface area contributed by atoms with Crippen LogP contribution in [-0.2, 0) is 6.42 Å². The maximum atomic E-state index is 10.5. The molecule has 1 aromatic rings. The summed E-state index contributed by atoms with van der Waals surface area (Å²) in [5.41, 5.74) is 9.16. The van der Waals surface area contributed by atoms with E-state index in [1.54, 1.807) is 12.1 Å². The fourth-order valence-electron chi connectivity index (χ4n) is 1.08. The van der Waals surface area contributed by atoms with E-state index in [2.05, 4.69) is 10.0 Å². The molecule has 0 spiro atoms. The van der Waals surface area contributed by atoms with E-state index in [4.69, 9.17) is 5.53 Å². The number of hydrogen-bond acceptors (Lipinski definition) is 3. The fraction of sp³-hybridized carbons (Fsp3) is 0.222. The average Bonchev–Trinajstić information content (AvgIpc) is 2.21. The monoisotopic (exact) mass is 191 g/mol. The smallest absolute Gasteiger partial charge is 0.153 e. The summed E-state index contributed by atoms with van der Waals surface area (Å²) >= 11 is 0. The molecule has 0 aliphatic carbocycles. The SMILES string of the molecule is [N-]=[N+]=NCCc1ccc(O)c(C=O)c1. The molecular formula is C9H9N3O2. The number of aldehydes is 1. The molecule has 5 nitrogen and oxygen atoms in total. The molecule has 1 aromatic carbocycles. The van der Waals surface area contributed by atoms with Gasteiger partial charge in [-0.25, -0.2) is 0 Å². The molecule has 14 heavy (non-hydrogen) atoms. The number of azide groups is 1. The summed E-state index contributed by atoms with van der Waals surface area (Å²) in [6.07, 6.45) is 1.15. The van der Waals surface area contributed by atoms with Crippen molar-refractivity contribution in [2.45, 2.75) is 6.42 Å². The molecule has 0 bridgehead atoms. The van der Waals surface area contributed by atoms with Gasteiger partial charge in [0.1, 0.15) is 5.75 Å². The van der Waals surface area contributed by atoms with Gasteiger partial charge in [0.05, 0.1) is 5.56 Å². The third-order valence-electron chi connectivity index (χ3n) is 1.78. The highest BCUT2D eigenvalue weighted by atomic mass is 16.3. The van der Waals surface area contributed by atoms with Crippen molar-refractivity contribution in [2.75, 3.05) is 6.54 Å². The third kappa shape index (κ3) is 2.50. The van der Waals surface area contributed by atoms with E-state index in [0.717, 1.165) is 5.56 Å². The highest BCUT2D eigenvalue weighted by Gasteiger charge is 2.00. The molecule has 0 aliphatic heterocycles. The summed E-state index contributed by atoms with van der Waals surface area (Å²) in [4.78, 5) is 13.1. The summed E-state index contributed by atoms with van der Waals surface area (Å²) in [6, 6.07) is 4.72. The van der Waals surface area contributed by atoms with Crippen LogP contribution in [0.15, 0.2) is 23.3 Å². The van der Waals surface area contributed by atoms with Gasteiger partial charge in [-0.1, -0.05) is 11.2 Å². The zero-order valence-corrected chi connectivity index (χ0v) is 7.42. The summed E-state index contributed by atoms with van der Waals surface area (Å²) in [5, 5.41) is 12.6. The Morgan fingerprint density at radius 2 is 2.36 bits per heavy atom. The van der Waals surface area contributed by atoms with Crippen LogP contribution in [0, 0.1) is 0 Å². The molecule has 1 N–H and O–H groups in total. The summed E-state index contributed by atoms with van der Waals surface area (Å²) in [7, 11) is 0. The minimum absolute atomic E-state index is 0.0347. The minimum Gasteiger partial charge on any atom is -0.507 e. The third-order valence-corrected chi connectivity index (χ3v) is 1.78. The number of phenolic OH excluding ortho intramolecular Hbond substituents is 1. The molecule has 0 atom stereocenters. The maximum Gasteiger partial charge on any atom is 0.153 e. The zero-order valence-electron chi connectivity index (χ0n) is 7.42. The number of rotatable bonds is 4. The molecule has 0 radical (unpaired) electrons. The molecular weight excluding hydrogens is 182 g/mol. The van der Waals surface area contributed by atoms with Crippen molar-refractivity contribution in [3.8, 4) is 5.75 Å². The lowest BCUT2D eigenvalue weighted by molar-refractivity contribution is 0.112. The molecule has 0 fully saturated rings. The van der Waals surface area contributed by atoms with Crippen molar-refractivity contribution in [2.24, 2.45) is 5.11 Å². The van der Waals surface area contributed by atoms with Gasteiger partial charge in [0.15, 0.2) is 6.29 Å². The highest BCUT2D eigenvalue weighted by Crippen LogP contribution is 2.16. The van der Waals surface area contributed by atoms with E-state index in [0.29, 0.717) is 19.3 Å². The second kappa shape index (κ2) is 4.89. The van der Waals surface area contributed by atoms with Crippen LogP contribution in [0.4, 0.5) is 0 Å². The Bertz CT molecular complexity index is 384. The van der Waals surface area contributed by atoms with Gasteiger partial charge < -0.3 is 5.11 Å². The Balaban J connectivity index is 2.78. The van der Waals surface area contributed by atoms with E-state index in [1.807, 2.05) is 0 Å². The summed E-state index contributed by atoms with van der Waals surface area (Å²) in [5.74, 6) is -0.0347. The van der Waals surface area contributed by atoms with Gasteiger partial charge in [0.25, 0.3) is 0 Å². The minimum atomic E-state index is -0.0347. The molecule has 0 saturated heterocycles. The lowest BCUT2D eigenvalue weighted by Crippen LogP contribution is -1.91. The molecule has 0 aromatic heterocycles. The number of aromatic hydroxyl groups is 1. The number of nitrogens with zero attached hydrogens (tertiary/aromatic N) is 3. The van der Waals surface area contributed by atoms with E-state index >= 15 is 0 Å². The van der Waals surface area contributed by atoms with Gasteiger partial charge in [0, 0.05) is 11.5 Å². The molecule has 0 heterocycles. The van der Waals surface area contributed by atoms with E-state index < -0.39 is 0 Å². The van der Waals surface area contributed by atoms with Crippen LogP contribution in [0.3, 0.4) is 0 Å². The first-order chi connectivity index (χ1) is 6.77. The zero-order chi connectivity index (χ0) is 10.4. The maximum absolute atomic E-state index is 10.5. The van der Waals surface area contributed by atoms with Crippen LogP contribution in [0.1, 0.15) is 15.9 Å². The second-order valence-corrected chi connectivity index (χ2v) is 2.72. The molecule has 5 heteroatoms. The molecule has 0 aliphatic rings. The average molecular weight is 191 g/mol. The first-order valence-electron chi connectivity index (χ1n) is 4.06. The quantitative estimate of drug-likeness (QED) is 0.341.